The van der Waals surface area contributed by atoms with Gasteiger partial charge in [0.2, 0.25) is 5.91 Å². The molecule has 1 aliphatic rings. The van der Waals surface area contributed by atoms with Crippen molar-refractivity contribution < 1.29 is 4.79 Å². The molecule has 3 rings (SSSR count). The van der Waals surface area contributed by atoms with Crippen LogP contribution in [0.4, 0.5) is 0 Å². The third-order valence-corrected chi connectivity index (χ3v) is 4.82. The maximum atomic E-state index is 13.0. The van der Waals surface area contributed by atoms with Crippen molar-refractivity contribution in [2.24, 2.45) is 0 Å². The molecule has 1 amide bonds. The van der Waals surface area contributed by atoms with Gasteiger partial charge in [0.25, 0.3) is 0 Å². The molecule has 0 spiro atoms. The molecule has 0 saturated carbocycles. The number of benzene rings is 1. The molecule has 5 nitrogen and oxygen atoms in total. The van der Waals surface area contributed by atoms with Gasteiger partial charge in [0, 0.05) is 11.7 Å². The fraction of sp³-hybridized carbons (Fsp3) is 0.500. The van der Waals surface area contributed by atoms with Gasteiger partial charge < -0.3 is 5.32 Å². The summed E-state index contributed by atoms with van der Waals surface area (Å²) in [6.07, 6.45) is 8.32. The normalized spacial score (nSPS) is 15.8. The number of hydrogen-bond acceptors (Lipinski definition) is 2. The number of rotatable bonds is 6. The second-order valence-electron chi connectivity index (χ2n) is 6.89. The lowest BCUT2D eigenvalue weighted by molar-refractivity contribution is -0.122. The van der Waals surface area contributed by atoms with Crippen molar-refractivity contribution in [2.45, 2.75) is 65.0 Å². The minimum Gasteiger partial charge on any atom is -0.352 e. The summed E-state index contributed by atoms with van der Waals surface area (Å²) in [5, 5.41) is 2.99. The first-order valence-electron chi connectivity index (χ1n) is 9.31. The van der Waals surface area contributed by atoms with E-state index in [2.05, 4.69) is 18.3 Å². The van der Waals surface area contributed by atoms with Crippen LogP contribution in [0.1, 0.15) is 52.4 Å². The minimum atomic E-state index is -0.118. The summed E-state index contributed by atoms with van der Waals surface area (Å²) in [4.78, 5) is 25.4. The van der Waals surface area contributed by atoms with E-state index in [0.29, 0.717) is 0 Å². The molecule has 1 atom stereocenters. The Labute approximate surface area is 148 Å². The molecule has 5 heteroatoms. The minimum absolute atomic E-state index is 0.0632. The molecule has 1 N–H and O–H groups in total. The van der Waals surface area contributed by atoms with Gasteiger partial charge in [-0.05, 0) is 51.2 Å². The van der Waals surface area contributed by atoms with Crippen molar-refractivity contribution in [1.82, 2.24) is 14.5 Å². The lowest BCUT2D eigenvalue weighted by Gasteiger charge is -2.14. The molecule has 0 saturated heterocycles. The van der Waals surface area contributed by atoms with Crippen LogP contribution in [0.2, 0.25) is 0 Å². The Morgan fingerprint density at radius 1 is 1.24 bits per heavy atom. The van der Waals surface area contributed by atoms with E-state index >= 15 is 0 Å². The Morgan fingerprint density at radius 3 is 2.68 bits per heavy atom. The van der Waals surface area contributed by atoms with Crippen molar-refractivity contribution in [3.05, 3.63) is 40.8 Å². The number of para-hydroxylation sites is 2. The van der Waals surface area contributed by atoms with E-state index in [1.165, 1.54) is 6.42 Å². The molecule has 1 aromatic heterocycles. The highest BCUT2D eigenvalue weighted by atomic mass is 16.2. The molecule has 1 aliphatic carbocycles. The van der Waals surface area contributed by atoms with E-state index in [0.717, 1.165) is 48.8 Å². The van der Waals surface area contributed by atoms with Crippen molar-refractivity contribution in [3.63, 3.8) is 0 Å². The van der Waals surface area contributed by atoms with Crippen LogP contribution in [0, 0.1) is 0 Å². The standard InChI is InChI=1S/C20H27N3O2/c1-3-9-15(2)21-19(24)14-22-17-12-7-8-13-18(17)23(20(22)25)16-10-5-4-6-11-16/h7-8,10,12-13,15H,3-6,9,11,14H2,1-2H3,(H,21,24)/t15-/m0/s1. The summed E-state index contributed by atoms with van der Waals surface area (Å²) >= 11 is 0. The number of allylic oxidation sites excluding steroid dienone is 2. The summed E-state index contributed by atoms with van der Waals surface area (Å²) in [6, 6.07) is 7.85. The molecule has 0 bridgehead atoms. The van der Waals surface area contributed by atoms with E-state index in [4.69, 9.17) is 0 Å². The van der Waals surface area contributed by atoms with Gasteiger partial charge in [0.1, 0.15) is 6.54 Å². The SMILES string of the molecule is CCC[C@H](C)NC(=O)Cn1c(=O)n(C2=CCCCC2)c2ccccc21. The number of nitrogens with one attached hydrogen (secondary N) is 1. The lowest BCUT2D eigenvalue weighted by Crippen LogP contribution is -2.37. The number of aromatic nitrogens is 2. The molecule has 1 aromatic carbocycles. The zero-order chi connectivity index (χ0) is 17.8. The van der Waals surface area contributed by atoms with E-state index in [9.17, 15) is 9.59 Å². The van der Waals surface area contributed by atoms with E-state index in [-0.39, 0.29) is 24.2 Å². The Kier molecular flexibility index (Phi) is 5.41. The smallest absolute Gasteiger partial charge is 0.333 e. The Balaban J connectivity index is 1.96. The third-order valence-electron chi connectivity index (χ3n) is 4.82. The fourth-order valence-electron chi connectivity index (χ4n) is 3.63. The number of carbonyl (C=O) groups excluding carboxylic acids is 1. The average molecular weight is 341 g/mol. The fourth-order valence-corrected chi connectivity index (χ4v) is 3.63. The average Bonchev–Trinajstić information content (AvgIpc) is 2.88. The van der Waals surface area contributed by atoms with Gasteiger partial charge in [-0.2, -0.15) is 0 Å². The zero-order valence-corrected chi connectivity index (χ0v) is 15.1. The first-order valence-corrected chi connectivity index (χ1v) is 9.31. The summed E-state index contributed by atoms with van der Waals surface area (Å²) < 4.78 is 3.38. The van der Waals surface area contributed by atoms with Crippen LogP contribution in [-0.4, -0.2) is 21.1 Å². The van der Waals surface area contributed by atoms with Crippen LogP contribution < -0.4 is 11.0 Å². The first kappa shape index (κ1) is 17.5. The summed E-state index contributed by atoms with van der Waals surface area (Å²) in [7, 11) is 0. The first-order chi connectivity index (χ1) is 12.1. The van der Waals surface area contributed by atoms with Crippen LogP contribution >= 0.6 is 0 Å². The zero-order valence-electron chi connectivity index (χ0n) is 15.1. The number of amides is 1. The highest BCUT2D eigenvalue weighted by Gasteiger charge is 2.19. The highest BCUT2D eigenvalue weighted by Crippen LogP contribution is 2.24. The summed E-state index contributed by atoms with van der Waals surface area (Å²) in [5.41, 5.74) is 2.64. The molecule has 0 fully saturated rings. The Morgan fingerprint density at radius 2 is 2.00 bits per heavy atom. The van der Waals surface area contributed by atoms with Crippen molar-refractivity contribution in [2.75, 3.05) is 0 Å². The second-order valence-corrected chi connectivity index (χ2v) is 6.89. The van der Waals surface area contributed by atoms with Crippen LogP contribution in [0.3, 0.4) is 0 Å². The van der Waals surface area contributed by atoms with Gasteiger partial charge in [-0.3, -0.25) is 13.9 Å². The second kappa shape index (κ2) is 7.72. The topological polar surface area (TPSA) is 56.0 Å². The monoisotopic (exact) mass is 341 g/mol. The van der Waals surface area contributed by atoms with Gasteiger partial charge in [-0.15, -0.1) is 0 Å². The van der Waals surface area contributed by atoms with Gasteiger partial charge in [-0.25, -0.2) is 4.79 Å². The van der Waals surface area contributed by atoms with Crippen LogP contribution in [-0.2, 0) is 11.3 Å². The number of hydrogen-bond donors (Lipinski definition) is 1. The van der Waals surface area contributed by atoms with Gasteiger partial charge in [0.05, 0.1) is 11.0 Å². The number of nitrogens with zero attached hydrogens (tertiary/aromatic N) is 2. The maximum Gasteiger partial charge on any atom is 0.333 e. The number of carbonyl (C=O) groups is 1. The highest BCUT2D eigenvalue weighted by molar-refractivity contribution is 5.83. The van der Waals surface area contributed by atoms with Gasteiger partial charge >= 0.3 is 5.69 Å². The van der Waals surface area contributed by atoms with Crippen LogP contribution in [0.15, 0.2) is 35.1 Å². The Hall–Kier alpha value is -2.30. The van der Waals surface area contributed by atoms with Crippen molar-refractivity contribution >= 4 is 22.6 Å². The van der Waals surface area contributed by atoms with E-state index < -0.39 is 0 Å². The predicted octanol–water partition coefficient (Wildman–Crippen LogP) is 3.52. The lowest BCUT2D eigenvalue weighted by atomic mass is 10.0. The van der Waals surface area contributed by atoms with Gasteiger partial charge in [0.15, 0.2) is 0 Å². The number of imidazole rings is 1. The van der Waals surface area contributed by atoms with E-state index in [1.54, 1.807) is 9.13 Å². The summed E-state index contributed by atoms with van der Waals surface area (Å²) in [5.74, 6) is -0.108. The van der Waals surface area contributed by atoms with Crippen LogP contribution in [0.5, 0.6) is 0 Å². The molecule has 0 aliphatic heterocycles. The molecule has 0 unspecified atom stereocenters. The molecule has 2 aromatic rings. The molecule has 25 heavy (non-hydrogen) atoms. The largest absolute Gasteiger partial charge is 0.352 e. The van der Waals surface area contributed by atoms with E-state index in [1.807, 2.05) is 31.2 Å². The summed E-state index contributed by atoms with van der Waals surface area (Å²) in [6.45, 7) is 4.16. The predicted molar refractivity (Wildman–Crippen MR) is 101 cm³/mol. The van der Waals surface area contributed by atoms with Crippen LogP contribution in [0.25, 0.3) is 16.7 Å². The molecular weight excluding hydrogens is 314 g/mol. The number of fused-ring (bicyclic) bond motifs is 1. The molecular formula is C20H27N3O2. The molecule has 134 valence electrons. The van der Waals surface area contributed by atoms with Crippen molar-refractivity contribution in [3.8, 4) is 0 Å². The molecule has 0 radical (unpaired) electrons. The maximum absolute atomic E-state index is 13.0. The van der Waals surface area contributed by atoms with Gasteiger partial charge in [-0.1, -0.05) is 31.6 Å². The molecule has 1 heterocycles. The Bertz CT molecular complexity index is 844. The quantitative estimate of drug-likeness (QED) is 0.874. The third kappa shape index (κ3) is 3.70. The van der Waals surface area contributed by atoms with Crippen molar-refractivity contribution in [1.29, 1.82) is 0 Å².